The van der Waals surface area contributed by atoms with E-state index in [9.17, 15) is 19.2 Å². The molecule has 3 aliphatic carbocycles. The number of rotatable bonds is 31. The van der Waals surface area contributed by atoms with Gasteiger partial charge in [-0.05, 0) is 300 Å². The van der Waals surface area contributed by atoms with E-state index >= 15 is 0 Å². The zero-order chi connectivity index (χ0) is 88.3. The number of allylic oxidation sites excluding steroid dienone is 2. The molecule has 0 radical (unpaired) electrons. The van der Waals surface area contributed by atoms with Crippen LogP contribution in [0.4, 0.5) is 74.8 Å². The van der Waals surface area contributed by atoms with Crippen molar-refractivity contribution in [1.82, 2.24) is 73.3 Å². The molecular formula is C95H123N25O4. The van der Waals surface area contributed by atoms with Crippen molar-refractivity contribution in [3.63, 3.8) is 0 Å². The summed E-state index contributed by atoms with van der Waals surface area (Å²) in [6.07, 6.45) is 27.5. The molecule has 14 rings (SSSR count). The van der Waals surface area contributed by atoms with E-state index in [4.69, 9.17) is 29.9 Å². The van der Waals surface area contributed by atoms with Crippen molar-refractivity contribution in [2.24, 2.45) is 11.8 Å². The minimum atomic E-state index is -0.312. The van der Waals surface area contributed by atoms with E-state index in [1.807, 2.05) is 108 Å². The Morgan fingerprint density at radius 3 is 1.14 bits per heavy atom. The van der Waals surface area contributed by atoms with Crippen molar-refractivity contribution in [2.75, 3.05) is 95.5 Å². The van der Waals surface area contributed by atoms with Gasteiger partial charge >= 0.3 is 0 Å². The zero-order valence-electron chi connectivity index (χ0n) is 74.2. The molecule has 124 heavy (non-hydrogen) atoms. The highest BCUT2D eigenvalue weighted by Gasteiger charge is 2.29. The number of fused-ring (bicyclic) bond motifs is 3. The Hall–Kier alpha value is -12.7. The number of carbonyl (C=O) groups is 4. The van der Waals surface area contributed by atoms with Gasteiger partial charge in [0.05, 0.1) is 19.0 Å². The normalized spacial score (nSPS) is 17.2. The van der Waals surface area contributed by atoms with Crippen LogP contribution in [-0.4, -0.2) is 169 Å². The van der Waals surface area contributed by atoms with Crippen LogP contribution < -0.4 is 53.2 Å². The first kappa shape index (κ1) is 90.5. The third-order valence-electron chi connectivity index (χ3n) is 22.8. The monoisotopic (exact) mass is 1680 g/mol. The van der Waals surface area contributed by atoms with Gasteiger partial charge in [-0.3, -0.25) is 19.2 Å². The van der Waals surface area contributed by atoms with Gasteiger partial charge in [0.25, 0.3) is 11.8 Å². The Morgan fingerprint density at radius 2 is 0.766 bits per heavy atom. The average molecular weight is 1680 g/mol. The van der Waals surface area contributed by atoms with Crippen LogP contribution in [0.25, 0.3) is 33.5 Å². The highest BCUT2D eigenvalue weighted by atomic mass is 16.2. The Labute approximate surface area is 728 Å². The molecule has 0 aliphatic heterocycles. The molecule has 3 aliphatic rings. The number of benzene rings is 5. The molecule has 5 aromatic carbocycles. The lowest BCUT2D eigenvalue weighted by atomic mass is 9.83. The topological polar surface area (TPSA) is 329 Å². The zero-order valence-corrected chi connectivity index (χ0v) is 74.2. The molecule has 6 aromatic heterocycles. The van der Waals surface area contributed by atoms with Crippen LogP contribution in [0.3, 0.4) is 0 Å². The van der Waals surface area contributed by atoms with Crippen LogP contribution in [-0.2, 0) is 16.0 Å². The smallest absolute Gasteiger partial charge is 0.255 e. The molecule has 29 nitrogen and oxygen atoms in total. The fourth-order valence-electron chi connectivity index (χ4n) is 15.7. The number of anilines is 13. The second kappa shape index (κ2) is 42.4. The molecule has 10 N–H and O–H groups in total. The maximum Gasteiger partial charge on any atom is 0.255 e. The Balaban J connectivity index is 0.000000172. The first-order valence-corrected chi connectivity index (χ1v) is 43.3. The van der Waals surface area contributed by atoms with Crippen molar-refractivity contribution in [2.45, 2.75) is 194 Å². The highest BCUT2D eigenvalue weighted by Crippen LogP contribution is 2.36. The number of aromatic nitrogens is 12. The molecule has 11 aromatic rings. The van der Waals surface area contributed by atoms with Gasteiger partial charge in [0.1, 0.15) is 5.82 Å². The molecule has 652 valence electrons. The Kier molecular flexibility index (Phi) is 30.9. The molecule has 0 atom stereocenters. The van der Waals surface area contributed by atoms with E-state index in [1.54, 1.807) is 42.7 Å². The molecule has 0 bridgehead atoms. The van der Waals surface area contributed by atoms with Gasteiger partial charge in [-0.2, -0.15) is 19.9 Å². The lowest BCUT2D eigenvalue weighted by molar-refractivity contribution is -0.112. The highest BCUT2D eigenvalue weighted by molar-refractivity contribution is 6.06. The van der Waals surface area contributed by atoms with Crippen LogP contribution in [0.5, 0.6) is 0 Å². The lowest BCUT2D eigenvalue weighted by Gasteiger charge is -2.33. The molecular weight excluding hydrogens is 1560 g/mol. The SMILES string of the molecule is C=C(/C=C/CC(C)C)Nc1ccc(C(=O)Nc2cccc(Nc3nc(NC4CCC(N(C)C)CC4)nc4c3ncn4C(C)C)c2)cc1.C=CC(=O)Nc1ccc(C(=O)Nc2cccc(Nc3nc(NC4CCC(N(C)C)CC4)nc4c3ncn4C(C)C)c2)cc1.C=CC(=O)Nc1cccc(Nc2nc(CC3CCC(N(C)C)CC3)nc3c2ncn3C(C)C)c1. The third kappa shape index (κ3) is 24.6. The summed E-state index contributed by atoms with van der Waals surface area (Å²) in [6.45, 7) is 28.1. The molecule has 0 saturated heterocycles. The predicted molar refractivity (Wildman–Crippen MR) is 504 cm³/mol. The quantitative estimate of drug-likeness (QED) is 0.0143. The van der Waals surface area contributed by atoms with Crippen molar-refractivity contribution >= 4 is 132 Å². The minimum absolute atomic E-state index is 0.182. The van der Waals surface area contributed by atoms with E-state index in [0.29, 0.717) is 116 Å². The molecule has 3 saturated carbocycles. The number of carbonyl (C=O) groups excluding carboxylic acids is 4. The standard InChI is InChI=1S/C37H49N9O.C32H39N9O2.C26H35N7O/c1-24(2)10-8-11-26(5)39-28-16-14-27(15-17-28)36(47)41-31-13-9-12-30(22-31)40-34-33-35(46(23-38-33)25(3)4)44-37(43-34)42-29-18-20-32(21-19-29)45(6)7;1-6-27(42)34-22-12-10-21(11-13-22)31(43)36-25-9-7-8-24(18-25)35-29-28-30(41(19-33-28)20(2)3)39-32(38-29)37-23-14-16-26(17-15-23)40(4)5;1-6-23(34)28-19-8-7-9-20(15-19)29-25-24-26(33(16-27-24)17(2)3)31-22(30-25)14-18-10-12-21(13-11-18)32(4)5/h8-9,11-17,22-25,29,32,39H,5,10,18-21H2,1-4,6-7H3,(H,41,47)(H2,40,42,43,44);6-13,18-20,23,26H,1,14-17H2,2-5H3,(H,34,42)(H,36,43)(H2,35,37,38,39);6-9,15-18,21H,1,10-14H2,2-5H3,(H,28,34)(H,29,30,31)/b11-8+;;. The number of hydrogen-bond donors (Lipinski definition) is 10. The first-order valence-electron chi connectivity index (χ1n) is 43.3. The molecule has 0 unspecified atom stereocenters. The summed E-state index contributed by atoms with van der Waals surface area (Å²) in [5.74, 6) is 4.08. The van der Waals surface area contributed by atoms with E-state index in [1.165, 1.54) is 37.8 Å². The molecule has 6 heterocycles. The van der Waals surface area contributed by atoms with Crippen molar-refractivity contribution in [3.05, 3.63) is 207 Å². The molecule has 3 fully saturated rings. The van der Waals surface area contributed by atoms with Crippen LogP contribution in [0.2, 0.25) is 0 Å². The largest absolute Gasteiger partial charge is 0.356 e. The third-order valence-corrected chi connectivity index (χ3v) is 22.8. The van der Waals surface area contributed by atoms with Gasteiger partial charge < -0.3 is 81.6 Å². The van der Waals surface area contributed by atoms with Crippen molar-refractivity contribution in [1.29, 1.82) is 0 Å². The second-order valence-corrected chi connectivity index (χ2v) is 34.4. The first-order chi connectivity index (χ1) is 59.6. The summed E-state index contributed by atoms with van der Waals surface area (Å²) < 4.78 is 6.20. The van der Waals surface area contributed by atoms with Crippen LogP contribution in [0, 0.1) is 11.8 Å². The predicted octanol–water partition coefficient (Wildman–Crippen LogP) is 19.0. The van der Waals surface area contributed by atoms with Crippen molar-refractivity contribution < 1.29 is 19.2 Å². The summed E-state index contributed by atoms with van der Waals surface area (Å²) in [4.78, 5) is 99.5. The maximum absolute atomic E-state index is 13.1. The van der Waals surface area contributed by atoms with Gasteiger partial charge in [-0.25, -0.2) is 24.9 Å². The van der Waals surface area contributed by atoms with E-state index < -0.39 is 0 Å². The summed E-state index contributed by atoms with van der Waals surface area (Å²) in [7, 11) is 12.9. The number of nitrogens with one attached hydrogen (secondary N) is 10. The minimum Gasteiger partial charge on any atom is -0.356 e. The molecule has 29 heteroatoms. The molecule has 4 amide bonds. The second-order valence-electron chi connectivity index (χ2n) is 34.4. The fraction of sp³-hybridized carbons (Fsp3) is 0.400. The van der Waals surface area contributed by atoms with Gasteiger partial charge in [0, 0.05) is 117 Å². The number of nitrogens with zero attached hydrogens (tertiary/aromatic N) is 15. The van der Waals surface area contributed by atoms with Gasteiger partial charge in [-0.1, -0.05) is 57.9 Å². The van der Waals surface area contributed by atoms with Crippen molar-refractivity contribution in [3.8, 4) is 0 Å². The molecule has 0 spiro atoms. The van der Waals surface area contributed by atoms with Gasteiger partial charge in [0.2, 0.25) is 23.7 Å². The van der Waals surface area contributed by atoms with E-state index in [-0.39, 0.29) is 41.8 Å². The Morgan fingerprint density at radius 1 is 0.419 bits per heavy atom. The number of amides is 4. The average Bonchev–Trinajstić information content (AvgIpc) is 1.63. The van der Waals surface area contributed by atoms with Crippen LogP contribution in [0.15, 0.2) is 190 Å². The van der Waals surface area contributed by atoms with Crippen LogP contribution in [0.1, 0.15) is 184 Å². The maximum atomic E-state index is 13.1. The summed E-state index contributed by atoms with van der Waals surface area (Å²) in [5.41, 5.74) is 12.1. The Bertz CT molecular complexity index is 5520. The summed E-state index contributed by atoms with van der Waals surface area (Å²) in [5, 5.41) is 32.2. The van der Waals surface area contributed by atoms with Gasteiger partial charge in [-0.15, -0.1) is 0 Å². The van der Waals surface area contributed by atoms with E-state index in [0.717, 1.165) is 121 Å². The number of imidazole rings is 3. The summed E-state index contributed by atoms with van der Waals surface area (Å²) >= 11 is 0. The van der Waals surface area contributed by atoms with E-state index in [2.05, 4.69) is 215 Å². The van der Waals surface area contributed by atoms with Gasteiger partial charge in [0.15, 0.2) is 50.9 Å². The number of hydrogen-bond acceptors (Lipinski definition) is 22. The summed E-state index contributed by atoms with van der Waals surface area (Å²) in [6, 6.07) is 39.7. The van der Waals surface area contributed by atoms with Crippen LogP contribution >= 0.6 is 0 Å². The lowest BCUT2D eigenvalue weighted by Crippen LogP contribution is -2.36. The fourth-order valence-corrected chi connectivity index (χ4v) is 15.7.